The maximum atomic E-state index is 8.52. The van der Waals surface area contributed by atoms with Crippen LogP contribution in [0.15, 0.2) is 28.8 Å². The molecule has 92 valence electrons. The number of rotatable bonds is 4. The number of benzene rings is 1. The smallest absolute Gasteiger partial charge is 0.324 e. The van der Waals surface area contributed by atoms with E-state index in [1.165, 1.54) is 0 Å². The van der Waals surface area contributed by atoms with Gasteiger partial charge in [-0.3, -0.25) is 0 Å². The van der Waals surface area contributed by atoms with Gasteiger partial charge in [0.15, 0.2) is 0 Å². The van der Waals surface area contributed by atoms with Crippen LogP contribution in [0.1, 0.15) is 6.42 Å². The van der Waals surface area contributed by atoms with Crippen molar-refractivity contribution in [1.29, 1.82) is 5.26 Å². The van der Waals surface area contributed by atoms with Crippen molar-refractivity contribution >= 4 is 17.6 Å². The molecule has 0 unspecified atom stereocenters. The number of nitriles is 1. The highest BCUT2D eigenvalue weighted by Gasteiger charge is 2.12. The zero-order chi connectivity index (χ0) is 13.0. The van der Waals surface area contributed by atoms with Crippen LogP contribution in [0, 0.1) is 11.3 Å². The van der Waals surface area contributed by atoms with E-state index >= 15 is 0 Å². The van der Waals surface area contributed by atoms with Crippen LogP contribution < -0.4 is 4.90 Å². The van der Waals surface area contributed by atoms with E-state index in [9.17, 15) is 0 Å². The van der Waals surface area contributed by atoms with Crippen molar-refractivity contribution < 1.29 is 4.52 Å². The first-order valence-corrected chi connectivity index (χ1v) is 5.76. The van der Waals surface area contributed by atoms with E-state index in [1.54, 1.807) is 24.1 Å². The Kier molecular flexibility index (Phi) is 3.80. The Morgan fingerprint density at radius 2 is 2.33 bits per heavy atom. The molecule has 0 fully saturated rings. The molecule has 2 aromatic rings. The fraction of sp³-hybridized carbons (Fsp3) is 0.250. The molecule has 0 aliphatic heterocycles. The second-order valence-corrected chi connectivity index (χ2v) is 4.18. The maximum Gasteiger partial charge on any atom is 0.324 e. The second kappa shape index (κ2) is 5.52. The summed E-state index contributed by atoms with van der Waals surface area (Å²) in [5.74, 6) is 0.483. The Bertz CT molecular complexity index is 575. The van der Waals surface area contributed by atoms with Crippen LogP contribution in [0.3, 0.4) is 0 Å². The molecular formula is C12H11ClN4O. The number of aromatic nitrogens is 2. The zero-order valence-corrected chi connectivity index (χ0v) is 10.6. The molecule has 5 nitrogen and oxygen atoms in total. The lowest BCUT2D eigenvalue weighted by molar-refractivity contribution is 0.419. The molecule has 0 aliphatic carbocycles. The normalized spacial score (nSPS) is 10.1. The summed E-state index contributed by atoms with van der Waals surface area (Å²) in [5, 5.41) is 13.0. The first-order chi connectivity index (χ1) is 8.70. The van der Waals surface area contributed by atoms with E-state index in [0.29, 0.717) is 29.8 Å². The van der Waals surface area contributed by atoms with Gasteiger partial charge in [0, 0.05) is 24.2 Å². The van der Waals surface area contributed by atoms with Crippen molar-refractivity contribution in [2.24, 2.45) is 0 Å². The Morgan fingerprint density at radius 1 is 1.50 bits per heavy atom. The van der Waals surface area contributed by atoms with E-state index < -0.39 is 0 Å². The average Bonchev–Trinajstić information content (AvgIpc) is 2.85. The summed E-state index contributed by atoms with van der Waals surface area (Å²) >= 11 is 5.90. The van der Waals surface area contributed by atoms with Gasteiger partial charge in [-0.15, -0.1) is 0 Å². The molecule has 0 aliphatic rings. The third-order valence-electron chi connectivity index (χ3n) is 2.38. The number of halogens is 1. The molecule has 18 heavy (non-hydrogen) atoms. The van der Waals surface area contributed by atoms with Gasteiger partial charge < -0.3 is 9.42 Å². The van der Waals surface area contributed by atoms with Crippen LogP contribution in [0.25, 0.3) is 11.4 Å². The third kappa shape index (κ3) is 2.79. The molecule has 6 heteroatoms. The third-order valence-corrected chi connectivity index (χ3v) is 2.62. The summed E-state index contributed by atoms with van der Waals surface area (Å²) < 4.78 is 5.13. The molecule has 1 aromatic heterocycles. The Balaban J connectivity index is 2.18. The Labute approximate surface area is 110 Å². The van der Waals surface area contributed by atoms with Crippen LogP contribution in [0.4, 0.5) is 6.01 Å². The molecule has 1 aromatic carbocycles. The molecular weight excluding hydrogens is 252 g/mol. The molecule has 1 heterocycles. The SMILES string of the molecule is CN(CCC#N)c1nc(-c2cccc(Cl)c2)no1. The number of anilines is 1. The molecule has 0 atom stereocenters. The van der Waals surface area contributed by atoms with Gasteiger partial charge in [-0.2, -0.15) is 10.2 Å². The lowest BCUT2D eigenvalue weighted by Crippen LogP contribution is -2.18. The molecule has 0 bridgehead atoms. The van der Waals surface area contributed by atoms with Crippen molar-refractivity contribution in [3.05, 3.63) is 29.3 Å². The van der Waals surface area contributed by atoms with Gasteiger partial charge in [-0.1, -0.05) is 28.9 Å². The van der Waals surface area contributed by atoms with Crippen molar-refractivity contribution in [2.45, 2.75) is 6.42 Å². The van der Waals surface area contributed by atoms with Crippen molar-refractivity contribution in [3.8, 4) is 17.5 Å². The van der Waals surface area contributed by atoms with Gasteiger partial charge in [0.2, 0.25) is 5.82 Å². The molecule has 0 saturated carbocycles. The fourth-order valence-electron chi connectivity index (χ4n) is 1.43. The van der Waals surface area contributed by atoms with E-state index in [-0.39, 0.29) is 0 Å². The van der Waals surface area contributed by atoms with E-state index in [1.807, 2.05) is 12.1 Å². The number of hydrogen-bond donors (Lipinski definition) is 0. The fourth-order valence-corrected chi connectivity index (χ4v) is 1.62. The first-order valence-electron chi connectivity index (χ1n) is 5.38. The molecule has 0 spiro atoms. The zero-order valence-electron chi connectivity index (χ0n) is 9.80. The van der Waals surface area contributed by atoms with Gasteiger partial charge in [-0.25, -0.2) is 0 Å². The van der Waals surface area contributed by atoms with Crippen LogP contribution in [-0.4, -0.2) is 23.7 Å². The van der Waals surface area contributed by atoms with Crippen molar-refractivity contribution in [2.75, 3.05) is 18.5 Å². The largest absolute Gasteiger partial charge is 0.326 e. The molecule has 0 amide bonds. The van der Waals surface area contributed by atoms with Gasteiger partial charge in [0.1, 0.15) is 0 Å². The van der Waals surface area contributed by atoms with Crippen LogP contribution in [0.2, 0.25) is 5.02 Å². The highest BCUT2D eigenvalue weighted by molar-refractivity contribution is 6.30. The van der Waals surface area contributed by atoms with Crippen LogP contribution >= 0.6 is 11.6 Å². The summed E-state index contributed by atoms with van der Waals surface area (Å²) in [7, 11) is 1.80. The summed E-state index contributed by atoms with van der Waals surface area (Å²) in [6.45, 7) is 0.549. The summed E-state index contributed by atoms with van der Waals surface area (Å²) in [4.78, 5) is 5.99. The topological polar surface area (TPSA) is 66.0 Å². The predicted molar refractivity (Wildman–Crippen MR) is 68.2 cm³/mol. The average molecular weight is 263 g/mol. The predicted octanol–water partition coefficient (Wildman–Crippen LogP) is 2.74. The highest BCUT2D eigenvalue weighted by Crippen LogP contribution is 2.22. The lowest BCUT2D eigenvalue weighted by Gasteiger charge is -2.09. The minimum Gasteiger partial charge on any atom is -0.326 e. The standard InChI is InChI=1S/C12H11ClN4O/c1-17(7-3-6-14)12-15-11(16-18-12)9-4-2-5-10(13)8-9/h2,4-5,8H,3,7H2,1H3. The number of hydrogen-bond acceptors (Lipinski definition) is 5. The lowest BCUT2D eigenvalue weighted by atomic mass is 10.2. The first kappa shape index (κ1) is 12.4. The quantitative estimate of drug-likeness (QED) is 0.848. The Hall–Kier alpha value is -2.06. The van der Waals surface area contributed by atoms with Gasteiger partial charge >= 0.3 is 6.01 Å². The van der Waals surface area contributed by atoms with Gasteiger partial charge in [0.25, 0.3) is 0 Å². The van der Waals surface area contributed by atoms with Gasteiger partial charge in [0.05, 0.1) is 12.5 Å². The van der Waals surface area contributed by atoms with E-state index in [2.05, 4.69) is 16.2 Å². The van der Waals surface area contributed by atoms with Crippen molar-refractivity contribution in [3.63, 3.8) is 0 Å². The summed E-state index contributed by atoms with van der Waals surface area (Å²) in [5.41, 5.74) is 0.797. The number of nitrogens with zero attached hydrogens (tertiary/aromatic N) is 4. The monoisotopic (exact) mass is 262 g/mol. The van der Waals surface area contributed by atoms with Crippen LogP contribution in [0.5, 0.6) is 0 Å². The maximum absolute atomic E-state index is 8.52. The molecule has 0 N–H and O–H groups in total. The second-order valence-electron chi connectivity index (χ2n) is 3.74. The Morgan fingerprint density at radius 3 is 3.06 bits per heavy atom. The molecule has 0 saturated heterocycles. The minimum absolute atomic E-state index is 0.389. The highest BCUT2D eigenvalue weighted by atomic mass is 35.5. The van der Waals surface area contributed by atoms with E-state index in [0.717, 1.165) is 5.56 Å². The molecule has 2 rings (SSSR count). The molecule has 0 radical (unpaired) electrons. The van der Waals surface area contributed by atoms with Crippen molar-refractivity contribution in [1.82, 2.24) is 10.1 Å². The summed E-state index contributed by atoms with van der Waals surface area (Å²) in [6, 6.07) is 9.69. The van der Waals surface area contributed by atoms with Gasteiger partial charge in [-0.05, 0) is 12.1 Å². The van der Waals surface area contributed by atoms with E-state index in [4.69, 9.17) is 21.4 Å². The minimum atomic E-state index is 0.389. The summed E-state index contributed by atoms with van der Waals surface area (Å²) in [6.07, 6.45) is 0.408. The van der Waals surface area contributed by atoms with Crippen LogP contribution in [-0.2, 0) is 0 Å².